The van der Waals surface area contributed by atoms with E-state index in [1.54, 1.807) is 9.80 Å². The molecule has 3 amide bonds. The number of urea groups is 1. The van der Waals surface area contributed by atoms with Crippen LogP contribution in [-0.4, -0.2) is 47.4 Å². The van der Waals surface area contributed by atoms with Crippen molar-refractivity contribution in [2.75, 3.05) is 19.6 Å². The lowest BCUT2D eigenvalue weighted by Crippen LogP contribution is -2.50. The van der Waals surface area contributed by atoms with Crippen LogP contribution in [0, 0.1) is 6.92 Å². The van der Waals surface area contributed by atoms with E-state index < -0.39 is 0 Å². The van der Waals surface area contributed by atoms with Crippen LogP contribution in [0.25, 0.3) is 0 Å². The minimum Gasteiger partial charge on any atom is -0.464 e. The summed E-state index contributed by atoms with van der Waals surface area (Å²) in [5.41, 5.74) is 1.17. The second-order valence-corrected chi connectivity index (χ2v) is 7.28. The van der Waals surface area contributed by atoms with Gasteiger partial charge in [0.05, 0.1) is 6.54 Å². The van der Waals surface area contributed by atoms with Crippen LogP contribution in [0.15, 0.2) is 46.9 Å². The summed E-state index contributed by atoms with van der Waals surface area (Å²) < 4.78 is 5.69. The Morgan fingerprint density at radius 2 is 1.83 bits per heavy atom. The number of nitrogens with zero attached hydrogens (tertiary/aromatic N) is 2. The molecule has 1 aromatic carbocycles. The quantitative estimate of drug-likeness (QED) is 0.657. The van der Waals surface area contributed by atoms with Crippen molar-refractivity contribution in [3.8, 4) is 0 Å². The van der Waals surface area contributed by atoms with Crippen LogP contribution in [0.1, 0.15) is 44.3 Å². The van der Waals surface area contributed by atoms with Gasteiger partial charge in [-0.15, -0.1) is 0 Å². The molecule has 29 heavy (non-hydrogen) atoms. The lowest BCUT2D eigenvalue weighted by atomic mass is 10.1. The van der Waals surface area contributed by atoms with Gasteiger partial charge in [0, 0.05) is 19.1 Å². The van der Waals surface area contributed by atoms with E-state index in [1.165, 1.54) is 5.56 Å². The van der Waals surface area contributed by atoms with Crippen LogP contribution in [0.5, 0.6) is 0 Å². The summed E-state index contributed by atoms with van der Waals surface area (Å²) in [6.07, 6.45) is 1.53. The summed E-state index contributed by atoms with van der Waals surface area (Å²) in [7, 11) is 0. The van der Waals surface area contributed by atoms with E-state index in [-0.39, 0.29) is 24.5 Å². The molecule has 0 saturated heterocycles. The Labute approximate surface area is 173 Å². The summed E-state index contributed by atoms with van der Waals surface area (Å²) in [6.45, 7) is 9.28. The fourth-order valence-electron chi connectivity index (χ4n) is 3.11. The molecule has 158 valence electrons. The first-order valence-electron chi connectivity index (χ1n) is 10.4. The molecule has 0 aliphatic rings. The first-order chi connectivity index (χ1) is 13.9. The molecule has 2 rings (SSSR count). The molecule has 1 heterocycles. The molecule has 0 aliphatic heterocycles. The van der Waals surface area contributed by atoms with Crippen molar-refractivity contribution in [2.45, 2.75) is 53.1 Å². The second kappa shape index (κ2) is 11.3. The molecule has 0 radical (unpaired) electrons. The number of benzene rings is 1. The maximum Gasteiger partial charge on any atom is 0.318 e. The number of hydrogen-bond acceptors (Lipinski definition) is 3. The van der Waals surface area contributed by atoms with E-state index in [0.717, 1.165) is 24.4 Å². The van der Waals surface area contributed by atoms with Crippen LogP contribution in [-0.2, 0) is 17.8 Å². The Hall–Kier alpha value is -2.76. The molecule has 6 nitrogen and oxygen atoms in total. The van der Waals surface area contributed by atoms with Crippen molar-refractivity contribution in [3.05, 3.63) is 59.5 Å². The molecule has 0 fully saturated rings. The first kappa shape index (κ1) is 22.5. The summed E-state index contributed by atoms with van der Waals surface area (Å²) >= 11 is 0. The summed E-state index contributed by atoms with van der Waals surface area (Å²) in [4.78, 5) is 29.0. The van der Waals surface area contributed by atoms with Gasteiger partial charge in [0.25, 0.3) is 0 Å². The fourth-order valence-corrected chi connectivity index (χ4v) is 3.11. The Morgan fingerprint density at radius 3 is 2.41 bits per heavy atom. The zero-order valence-electron chi connectivity index (χ0n) is 18.0. The number of amides is 3. The Morgan fingerprint density at radius 1 is 1.10 bits per heavy atom. The van der Waals surface area contributed by atoms with Gasteiger partial charge >= 0.3 is 6.03 Å². The standard InChI is InChI=1S/C23H33N3O3/c1-5-18(3)26(23(28)24-6-2)17-22(27)25(16-21-13-12-19(4)29-21)15-14-20-10-8-7-9-11-20/h7-13,18H,5-6,14-17H2,1-4H3,(H,24,28)/t18-/m0/s1. The van der Waals surface area contributed by atoms with E-state index in [9.17, 15) is 9.59 Å². The van der Waals surface area contributed by atoms with E-state index >= 15 is 0 Å². The molecule has 0 aliphatic carbocycles. The maximum absolute atomic E-state index is 13.2. The number of furan rings is 1. The van der Waals surface area contributed by atoms with Crippen molar-refractivity contribution in [1.82, 2.24) is 15.1 Å². The van der Waals surface area contributed by atoms with Gasteiger partial charge in [-0.2, -0.15) is 0 Å². The van der Waals surface area contributed by atoms with Gasteiger partial charge in [0.1, 0.15) is 18.1 Å². The molecule has 1 N–H and O–H groups in total. The second-order valence-electron chi connectivity index (χ2n) is 7.28. The van der Waals surface area contributed by atoms with Gasteiger partial charge in [0.2, 0.25) is 5.91 Å². The minimum absolute atomic E-state index is 0.0210. The Kier molecular flexibility index (Phi) is 8.77. The zero-order valence-corrected chi connectivity index (χ0v) is 18.0. The average Bonchev–Trinajstić information content (AvgIpc) is 3.14. The molecule has 0 saturated carbocycles. The predicted octanol–water partition coefficient (Wildman–Crippen LogP) is 3.99. The average molecular weight is 400 g/mol. The zero-order chi connectivity index (χ0) is 21.2. The lowest BCUT2D eigenvalue weighted by Gasteiger charge is -2.31. The monoisotopic (exact) mass is 399 g/mol. The smallest absolute Gasteiger partial charge is 0.318 e. The third-order valence-corrected chi connectivity index (χ3v) is 5.03. The molecule has 0 unspecified atom stereocenters. The number of hydrogen-bond donors (Lipinski definition) is 1. The Bertz CT molecular complexity index is 773. The molecule has 2 aromatic rings. The van der Waals surface area contributed by atoms with Crippen LogP contribution in [0.2, 0.25) is 0 Å². The number of carbonyl (C=O) groups is 2. The van der Waals surface area contributed by atoms with Crippen molar-refractivity contribution < 1.29 is 14.0 Å². The number of nitrogens with one attached hydrogen (secondary N) is 1. The first-order valence-corrected chi connectivity index (χ1v) is 10.4. The van der Waals surface area contributed by atoms with Crippen LogP contribution in [0.3, 0.4) is 0 Å². The lowest BCUT2D eigenvalue weighted by molar-refractivity contribution is -0.133. The van der Waals surface area contributed by atoms with Crippen molar-refractivity contribution in [3.63, 3.8) is 0 Å². The molecular weight excluding hydrogens is 366 g/mol. The van der Waals surface area contributed by atoms with Gasteiger partial charge in [-0.25, -0.2) is 4.79 Å². The van der Waals surface area contributed by atoms with E-state index in [4.69, 9.17) is 4.42 Å². The van der Waals surface area contributed by atoms with Crippen molar-refractivity contribution in [1.29, 1.82) is 0 Å². The van der Waals surface area contributed by atoms with Crippen molar-refractivity contribution >= 4 is 11.9 Å². The number of carbonyl (C=O) groups excluding carboxylic acids is 2. The Balaban J connectivity index is 2.13. The highest BCUT2D eigenvalue weighted by Crippen LogP contribution is 2.13. The van der Waals surface area contributed by atoms with Crippen LogP contribution < -0.4 is 5.32 Å². The highest BCUT2D eigenvalue weighted by atomic mass is 16.3. The van der Waals surface area contributed by atoms with Gasteiger partial charge in [-0.3, -0.25) is 4.79 Å². The third-order valence-electron chi connectivity index (χ3n) is 5.03. The van der Waals surface area contributed by atoms with E-state index in [2.05, 4.69) is 17.4 Å². The summed E-state index contributed by atoms with van der Waals surface area (Å²) in [6, 6.07) is 13.7. The highest BCUT2D eigenvalue weighted by Gasteiger charge is 2.25. The van der Waals surface area contributed by atoms with Crippen LogP contribution >= 0.6 is 0 Å². The third kappa shape index (κ3) is 6.97. The fraction of sp³-hybridized carbons (Fsp3) is 0.478. The maximum atomic E-state index is 13.2. The van der Waals surface area contributed by atoms with Gasteiger partial charge in [-0.1, -0.05) is 37.3 Å². The van der Waals surface area contributed by atoms with Crippen LogP contribution in [0.4, 0.5) is 4.79 Å². The molecule has 6 heteroatoms. The van der Waals surface area contributed by atoms with Gasteiger partial charge < -0.3 is 19.5 Å². The summed E-state index contributed by atoms with van der Waals surface area (Å²) in [5, 5.41) is 2.81. The summed E-state index contributed by atoms with van der Waals surface area (Å²) in [5.74, 6) is 1.48. The molecule has 1 aromatic heterocycles. The SMILES string of the molecule is CCNC(=O)N(CC(=O)N(CCc1ccccc1)Cc1ccc(C)o1)[C@@H](C)CC. The predicted molar refractivity (Wildman–Crippen MR) is 115 cm³/mol. The van der Waals surface area contributed by atoms with Gasteiger partial charge in [0.15, 0.2) is 0 Å². The van der Waals surface area contributed by atoms with E-state index in [1.807, 2.05) is 58.0 Å². The van der Waals surface area contributed by atoms with Crippen molar-refractivity contribution in [2.24, 2.45) is 0 Å². The number of rotatable bonds is 10. The normalized spacial score (nSPS) is 11.7. The molecular formula is C23H33N3O3. The molecule has 1 atom stereocenters. The topological polar surface area (TPSA) is 65.8 Å². The molecule has 0 spiro atoms. The molecule has 0 bridgehead atoms. The number of aryl methyl sites for hydroxylation is 1. The minimum atomic E-state index is -0.202. The highest BCUT2D eigenvalue weighted by molar-refractivity contribution is 5.84. The largest absolute Gasteiger partial charge is 0.464 e. The van der Waals surface area contributed by atoms with E-state index in [0.29, 0.717) is 19.6 Å². The van der Waals surface area contributed by atoms with Gasteiger partial charge in [-0.05, 0) is 51.3 Å².